The number of nitrogens with zero attached hydrogens (tertiary/aromatic N) is 3. The van der Waals surface area contributed by atoms with Crippen molar-refractivity contribution in [3.63, 3.8) is 0 Å². The molecule has 0 bridgehead atoms. The summed E-state index contributed by atoms with van der Waals surface area (Å²) in [7, 11) is 1.76. The Morgan fingerprint density at radius 3 is 1.76 bits per heavy atom. The van der Waals surface area contributed by atoms with Crippen molar-refractivity contribution in [1.82, 2.24) is 14.5 Å². The third-order valence-corrected chi connectivity index (χ3v) is 12.2. The summed E-state index contributed by atoms with van der Waals surface area (Å²) in [4.78, 5) is 10.7. The number of aryl methyl sites for hydroxylation is 2. The number of imidazole rings is 1. The second-order valence-corrected chi connectivity index (χ2v) is 18.8. The molecule has 0 saturated heterocycles. The summed E-state index contributed by atoms with van der Waals surface area (Å²) in [6.45, 7) is 18.0. The Morgan fingerprint density at radius 1 is 0.492 bits per heavy atom. The minimum atomic E-state index is -0.137. The van der Waals surface area contributed by atoms with Crippen LogP contribution in [0.15, 0.2) is 170 Å². The molecule has 9 aromatic rings. The van der Waals surface area contributed by atoms with Crippen LogP contribution in [0, 0.1) is 13.8 Å². The Bertz CT molecular complexity index is 3110. The van der Waals surface area contributed by atoms with Crippen LogP contribution in [0.4, 0.5) is 0 Å². The first-order valence-corrected chi connectivity index (χ1v) is 21.9. The standard InChI is InChI=1S/C59H55N3O/c1-38-30-39(2)56(63-9)50(31-38)57-61-55-47(44-32-45(34-46(33-44)58(3,4)5)52-35-43(28-29-60-52)40-20-13-10-14-21-40)26-19-27-53(55)62(57)54-37-48(41-22-15-11-16-23-41)51(59(6,7)8)36-49(54)42-24-17-12-18-25-42/h10-37H,1-9H3. The number of ether oxygens (including phenoxy) is 1. The second-order valence-electron chi connectivity index (χ2n) is 18.8. The lowest BCUT2D eigenvalue weighted by atomic mass is 9.79. The minimum Gasteiger partial charge on any atom is -0.496 e. The lowest BCUT2D eigenvalue weighted by Gasteiger charge is -2.27. The largest absolute Gasteiger partial charge is 0.496 e. The molecule has 0 amide bonds. The Morgan fingerprint density at radius 2 is 1.13 bits per heavy atom. The summed E-state index contributed by atoms with van der Waals surface area (Å²) >= 11 is 0. The minimum absolute atomic E-state index is 0.125. The van der Waals surface area contributed by atoms with E-state index in [0.717, 1.165) is 84.1 Å². The maximum Gasteiger partial charge on any atom is 0.149 e. The van der Waals surface area contributed by atoms with E-state index in [2.05, 4.69) is 224 Å². The Balaban J connectivity index is 1.38. The number of para-hydroxylation sites is 1. The van der Waals surface area contributed by atoms with Crippen molar-refractivity contribution in [2.75, 3.05) is 7.11 Å². The molecule has 0 unspecified atom stereocenters. The molecule has 2 aromatic heterocycles. The van der Waals surface area contributed by atoms with Gasteiger partial charge < -0.3 is 4.74 Å². The van der Waals surface area contributed by atoms with E-state index in [1.165, 1.54) is 27.8 Å². The van der Waals surface area contributed by atoms with Crippen molar-refractivity contribution >= 4 is 11.0 Å². The molecule has 312 valence electrons. The zero-order chi connectivity index (χ0) is 44.0. The molecule has 0 radical (unpaired) electrons. The fourth-order valence-corrected chi connectivity index (χ4v) is 9.01. The smallest absolute Gasteiger partial charge is 0.149 e. The van der Waals surface area contributed by atoms with Crippen LogP contribution in [0.3, 0.4) is 0 Å². The van der Waals surface area contributed by atoms with Crippen LogP contribution in [-0.4, -0.2) is 21.6 Å². The zero-order valence-corrected chi connectivity index (χ0v) is 37.9. The number of rotatable bonds is 8. The summed E-state index contributed by atoms with van der Waals surface area (Å²) in [6.07, 6.45) is 1.92. The molecular weight excluding hydrogens is 767 g/mol. The van der Waals surface area contributed by atoms with Gasteiger partial charge in [-0.2, -0.15) is 0 Å². The zero-order valence-electron chi connectivity index (χ0n) is 37.9. The topological polar surface area (TPSA) is 39.9 Å². The van der Waals surface area contributed by atoms with Crippen LogP contribution in [0.2, 0.25) is 0 Å². The maximum atomic E-state index is 6.26. The highest BCUT2D eigenvalue weighted by Gasteiger charge is 2.28. The molecule has 9 rings (SSSR count). The van der Waals surface area contributed by atoms with Crippen LogP contribution in [0.1, 0.15) is 63.8 Å². The number of hydrogen-bond acceptors (Lipinski definition) is 3. The van der Waals surface area contributed by atoms with E-state index >= 15 is 0 Å². The van der Waals surface area contributed by atoms with Gasteiger partial charge in [0.1, 0.15) is 11.6 Å². The monoisotopic (exact) mass is 821 g/mol. The maximum absolute atomic E-state index is 6.26. The molecule has 7 aromatic carbocycles. The molecule has 0 aliphatic carbocycles. The fraction of sp³-hybridized carbons (Fsp3) is 0.186. The molecule has 4 nitrogen and oxygen atoms in total. The second kappa shape index (κ2) is 16.3. The SMILES string of the molecule is COc1c(C)cc(C)cc1-c1nc2c(-c3cc(-c4cc(-c5ccccc5)ccn4)cc(C(C)(C)C)c3)cccc2n1-c1cc(-c2ccccc2)c(C(C)(C)C)cc1-c1ccccc1. The lowest BCUT2D eigenvalue weighted by Crippen LogP contribution is -2.14. The van der Waals surface area contributed by atoms with Crippen molar-refractivity contribution in [2.45, 2.75) is 66.2 Å². The van der Waals surface area contributed by atoms with Gasteiger partial charge in [0.15, 0.2) is 0 Å². The normalized spacial score (nSPS) is 11.9. The number of hydrogen-bond donors (Lipinski definition) is 0. The van der Waals surface area contributed by atoms with E-state index in [0.29, 0.717) is 0 Å². The van der Waals surface area contributed by atoms with Crippen molar-refractivity contribution in [1.29, 1.82) is 0 Å². The number of benzene rings is 7. The van der Waals surface area contributed by atoms with Gasteiger partial charge in [-0.25, -0.2) is 4.98 Å². The summed E-state index contributed by atoms with van der Waals surface area (Å²) in [5.41, 5.74) is 19.5. The molecule has 0 N–H and O–H groups in total. The highest BCUT2D eigenvalue weighted by Crippen LogP contribution is 2.46. The summed E-state index contributed by atoms with van der Waals surface area (Å²) in [6, 6.07) is 59.2. The Hall–Kier alpha value is -7.04. The van der Waals surface area contributed by atoms with Crippen LogP contribution < -0.4 is 4.74 Å². The van der Waals surface area contributed by atoms with E-state index < -0.39 is 0 Å². The molecule has 0 fully saturated rings. The quantitative estimate of drug-likeness (QED) is 0.153. The van der Waals surface area contributed by atoms with Crippen molar-refractivity contribution in [2.24, 2.45) is 0 Å². The Kier molecular flexibility index (Phi) is 10.7. The highest BCUT2D eigenvalue weighted by molar-refractivity contribution is 5.98. The van der Waals surface area contributed by atoms with Gasteiger partial charge in [0.2, 0.25) is 0 Å². The Labute approximate surface area is 372 Å². The molecule has 0 atom stereocenters. The first-order chi connectivity index (χ1) is 30.3. The van der Waals surface area contributed by atoms with Gasteiger partial charge in [0, 0.05) is 22.9 Å². The van der Waals surface area contributed by atoms with Gasteiger partial charge in [-0.05, 0) is 129 Å². The molecule has 0 aliphatic rings. The summed E-state index contributed by atoms with van der Waals surface area (Å²) < 4.78 is 8.64. The molecule has 0 spiro atoms. The van der Waals surface area contributed by atoms with Crippen molar-refractivity contribution in [3.8, 4) is 78.6 Å². The van der Waals surface area contributed by atoms with Gasteiger partial charge in [0.25, 0.3) is 0 Å². The van der Waals surface area contributed by atoms with Crippen LogP contribution in [0.5, 0.6) is 5.75 Å². The molecule has 4 heteroatoms. The van der Waals surface area contributed by atoms with E-state index in [-0.39, 0.29) is 10.8 Å². The van der Waals surface area contributed by atoms with Gasteiger partial charge in [-0.1, -0.05) is 157 Å². The molecule has 0 saturated carbocycles. The molecule has 0 aliphatic heterocycles. The van der Waals surface area contributed by atoms with Gasteiger partial charge in [-0.3, -0.25) is 9.55 Å². The first kappa shape index (κ1) is 41.3. The average Bonchev–Trinajstić information content (AvgIpc) is 3.68. The average molecular weight is 822 g/mol. The highest BCUT2D eigenvalue weighted by atomic mass is 16.5. The lowest BCUT2D eigenvalue weighted by molar-refractivity contribution is 0.413. The number of fused-ring (bicyclic) bond motifs is 1. The molecule has 63 heavy (non-hydrogen) atoms. The van der Waals surface area contributed by atoms with Gasteiger partial charge in [-0.15, -0.1) is 0 Å². The van der Waals surface area contributed by atoms with Crippen LogP contribution >= 0.6 is 0 Å². The van der Waals surface area contributed by atoms with E-state index in [1.807, 2.05) is 6.20 Å². The predicted octanol–water partition coefficient (Wildman–Crippen LogP) is 15.6. The predicted molar refractivity (Wildman–Crippen MR) is 265 cm³/mol. The number of aromatic nitrogens is 3. The van der Waals surface area contributed by atoms with E-state index in [9.17, 15) is 0 Å². The van der Waals surface area contributed by atoms with Crippen molar-refractivity contribution < 1.29 is 4.74 Å². The van der Waals surface area contributed by atoms with Gasteiger partial charge >= 0.3 is 0 Å². The third-order valence-electron chi connectivity index (χ3n) is 12.2. The molecular formula is C59H55N3O. The van der Waals surface area contributed by atoms with Crippen LogP contribution in [-0.2, 0) is 10.8 Å². The summed E-state index contributed by atoms with van der Waals surface area (Å²) in [5.74, 6) is 1.64. The molecule has 2 heterocycles. The van der Waals surface area contributed by atoms with E-state index in [4.69, 9.17) is 14.7 Å². The summed E-state index contributed by atoms with van der Waals surface area (Å²) in [5, 5.41) is 0. The number of methoxy groups -OCH3 is 1. The fourth-order valence-electron chi connectivity index (χ4n) is 9.01. The first-order valence-electron chi connectivity index (χ1n) is 21.9. The third kappa shape index (κ3) is 7.98. The van der Waals surface area contributed by atoms with Crippen LogP contribution in [0.25, 0.3) is 83.9 Å². The number of pyridine rings is 1. The van der Waals surface area contributed by atoms with Gasteiger partial charge in [0.05, 0.1) is 35.1 Å². The van der Waals surface area contributed by atoms with E-state index in [1.54, 1.807) is 7.11 Å². The van der Waals surface area contributed by atoms with Crippen molar-refractivity contribution in [3.05, 3.63) is 192 Å².